The predicted molar refractivity (Wildman–Crippen MR) is 121 cm³/mol. The van der Waals surface area contributed by atoms with Crippen molar-refractivity contribution >= 4 is 35.8 Å². The van der Waals surface area contributed by atoms with E-state index in [2.05, 4.69) is 55.6 Å². The number of nitrogens with one attached hydrogen (secondary N) is 3. The lowest BCUT2D eigenvalue weighted by atomic mass is 10.1. The molecule has 0 aliphatic rings. The summed E-state index contributed by atoms with van der Waals surface area (Å²) in [5.74, 6) is 1.30. The Balaban J connectivity index is 0.00000625. The number of hydrogen-bond donors (Lipinski definition) is 3. The SMILES string of the molecule is CCNC(=NCc1cccc(C(=O)NC(C)CC)c1)NC(C)C(C)C.I. The van der Waals surface area contributed by atoms with Crippen LogP contribution in [0.25, 0.3) is 0 Å². The Morgan fingerprint density at radius 2 is 1.81 bits per heavy atom. The first-order chi connectivity index (χ1) is 11.9. The van der Waals surface area contributed by atoms with Gasteiger partial charge in [-0.1, -0.05) is 32.9 Å². The van der Waals surface area contributed by atoms with Crippen molar-refractivity contribution in [3.8, 4) is 0 Å². The van der Waals surface area contributed by atoms with Gasteiger partial charge in [-0.25, -0.2) is 4.99 Å². The lowest BCUT2D eigenvalue weighted by molar-refractivity contribution is 0.0939. The molecule has 1 rings (SSSR count). The van der Waals surface area contributed by atoms with Crippen molar-refractivity contribution in [2.75, 3.05) is 6.54 Å². The number of amides is 1. The van der Waals surface area contributed by atoms with Crippen LogP contribution in [0.1, 0.15) is 63.9 Å². The molecule has 0 aromatic heterocycles. The minimum Gasteiger partial charge on any atom is -0.357 e. The van der Waals surface area contributed by atoms with Crippen LogP contribution >= 0.6 is 24.0 Å². The van der Waals surface area contributed by atoms with Crippen LogP contribution in [0, 0.1) is 5.92 Å². The van der Waals surface area contributed by atoms with Gasteiger partial charge in [0.1, 0.15) is 0 Å². The molecule has 6 heteroatoms. The van der Waals surface area contributed by atoms with Gasteiger partial charge in [-0.3, -0.25) is 4.79 Å². The first kappa shape index (κ1) is 24.7. The Kier molecular flexibility index (Phi) is 12.3. The molecule has 0 radical (unpaired) electrons. The zero-order chi connectivity index (χ0) is 18.8. The summed E-state index contributed by atoms with van der Waals surface area (Å²) in [6, 6.07) is 8.18. The Morgan fingerprint density at radius 3 is 2.38 bits per heavy atom. The average Bonchev–Trinajstić information content (AvgIpc) is 2.59. The number of aliphatic imine (C=N–C) groups is 1. The third kappa shape index (κ3) is 8.87. The highest BCUT2D eigenvalue weighted by Crippen LogP contribution is 2.08. The maximum Gasteiger partial charge on any atom is 0.251 e. The van der Waals surface area contributed by atoms with Crippen LogP contribution < -0.4 is 16.0 Å². The quantitative estimate of drug-likeness (QED) is 0.304. The van der Waals surface area contributed by atoms with Crippen molar-refractivity contribution in [3.05, 3.63) is 35.4 Å². The summed E-state index contributed by atoms with van der Waals surface area (Å²) in [5, 5.41) is 9.68. The second-order valence-corrected chi connectivity index (χ2v) is 6.86. The second-order valence-electron chi connectivity index (χ2n) is 6.86. The molecule has 0 heterocycles. The largest absolute Gasteiger partial charge is 0.357 e. The summed E-state index contributed by atoms with van der Waals surface area (Å²) in [7, 11) is 0. The summed E-state index contributed by atoms with van der Waals surface area (Å²) in [4.78, 5) is 16.9. The fraction of sp³-hybridized carbons (Fsp3) is 0.600. The molecule has 0 saturated heterocycles. The van der Waals surface area contributed by atoms with Gasteiger partial charge >= 0.3 is 0 Å². The van der Waals surface area contributed by atoms with E-state index < -0.39 is 0 Å². The van der Waals surface area contributed by atoms with Gasteiger partial charge in [0.05, 0.1) is 6.54 Å². The Hall–Kier alpha value is -1.31. The molecule has 148 valence electrons. The maximum atomic E-state index is 12.3. The van der Waals surface area contributed by atoms with E-state index in [1.165, 1.54) is 0 Å². The van der Waals surface area contributed by atoms with E-state index in [9.17, 15) is 4.79 Å². The van der Waals surface area contributed by atoms with Gasteiger partial charge in [-0.15, -0.1) is 24.0 Å². The van der Waals surface area contributed by atoms with Gasteiger partial charge in [0, 0.05) is 24.2 Å². The van der Waals surface area contributed by atoms with Crippen LogP contribution in [0.2, 0.25) is 0 Å². The van der Waals surface area contributed by atoms with Crippen molar-refractivity contribution in [2.45, 2.75) is 66.6 Å². The topological polar surface area (TPSA) is 65.5 Å². The lowest BCUT2D eigenvalue weighted by Gasteiger charge is -2.20. The van der Waals surface area contributed by atoms with Gasteiger partial charge in [0.15, 0.2) is 5.96 Å². The molecular formula is C20H35IN4O. The summed E-state index contributed by atoms with van der Waals surface area (Å²) < 4.78 is 0. The Labute approximate surface area is 175 Å². The van der Waals surface area contributed by atoms with Crippen LogP contribution in [0.3, 0.4) is 0 Å². The highest BCUT2D eigenvalue weighted by molar-refractivity contribution is 14.0. The number of benzene rings is 1. The highest BCUT2D eigenvalue weighted by Gasteiger charge is 2.10. The third-order valence-electron chi connectivity index (χ3n) is 4.31. The third-order valence-corrected chi connectivity index (χ3v) is 4.31. The molecule has 0 aliphatic carbocycles. The van der Waals surface area contributed by atoms with Crippen molar-refractivity contribution in [1.29, 1.82) is 0 Å². The number of hydrogen-bond acceptors (Lipinski definition) is 2. The molecule has 5 nitrogen and oxygen atoms in total. The van der Waals surface area contributed by atoms with Gasteiger partial charge in [0.25, 0.3) is 5.91 Å². The van der Waals surface area contributed by atoms with E-state index in [4.69, 9.17) is 0 Å². The van der Waals surface area contributed by atoms with Crippen LogP contribution in [-0.2, 0) is 6.54 Å². The minimum absolute atomic E-state index is 0. The first-order valence-electron chi connectivity index (χ1n) is 9.31. The smallest absolute Gasteiger partial charge is 0.251 e. The van der Waals surface area contributed by atoms with E-state index in [-0.39, 0.29) is 35.9 Å². The van der Waals surface area contributed by atoms with Crippen LogP contribution in [-0.4, -0.2) is 30.5 Å². The van der Waals surface area contributed by atoms with Crippen molar-refractivity contribution in [2.24, 2.45) is 10.9 Å². The van der Waals surface area contributed by atoms with Crippen molar-refractivity contribution < 1.29 is 4.79 Å². The molecule has 0 aliphatic heterocycles. The van der Waals surface area contributed by atoms with Gasteiger partial charge in [-0.2, -0.15) is 0 Å². The van der Waals surface area contributed by atoms with E-state index in [0.717, 1.165) is 24.5 Å². The first-order valence-corrected chi connectivity index (χ1v) is 9.31. The molecule has 0 fully saturated rings. The normalized spacial score (nSPS) is 13.6. The molecule has 26 heavy (non-hydrogen) atoms. The molecule has 0 spiro atoms. The highest BCUT2D eigenvalue weighted by atomic mass is 127. The second kappa shape index (κ2) is 12.9. The van der Waals surface area contributed by atoms with E-state index in [1.807, 2.05) is 31.2 Å². The van der Waals surface area contributed by atoms with Gasteiger partial charge in [-0.05, 0) is 50.8 Å². The summed E-state index contributed by atoms with van der Waals surface area (Å²) in [6.45, 7) is 14.0. The zero-order valence-electron chi connectivity index (χ0n) is 16.9. The summed E-state index contributed by atoms with van der Waals surface area (Å²) in [6.07, 6.45) is 0.918. The van der Waals surface area contributed by atoms with E-state index in [1.54, 1.807) is 0 Å². The summed E-state index contributed by atoms with van der Waals surface area (Å²) in [5.41, 5.74) is 1.70. The molecular weight excluding hydrogens is 439 g/mol. The van der Waals surface area contributed by atoms with Gasteiger partial charge in [0.2, 0.25) is 0 Å². The maximum absolute atomic E-state index is 12.3. The summed E-state index contributed by atoms with van der Waals surface area (Å²) >= 11 is 0. The number of nitrogens with zero attached hydrogens (tertiary/aromatic N) is 1. The Bertz CT molecular complexity index is 575. The Morgan fingerprint density at radius 1 is 1.12 bits per heavy atom. The number of carbonyl (C=O) groups is 1. The molecule has 0 bridgehead atoms. The number of carbonyl (C=O) groups excluding carboxylic acids is 1. The number of rotatable bonds is 8. The molecule has 2 unspecified atom stereocenters. The lowest BCUT2D eigenvalue weighted by Crippen LogP contribution is -2.44. The zero-order valence-corrected chi connectivity index (χ0v) is 19.3. The molecule has 1 aromatic carbocycles. The fourth-order valence-corrected chi connectivity index (χ4v) is 2.09. The van der Waals surface area contributed by atoms with Crippen molar-refractivity contribution in [1.82, 2.24) is 16.0 Å². The standard InChI is InChI=1S/C20H34N4O.HI/c1-7-15(5)23-19(25)18-11-9-10-17(12-18)13-22-20(21-8-2)24-16(6)14(3)4;/h9-12,14-16H,7-8,13H2,1-6H3,(H,23,25)(H2,21,22,24);1H. The monoisotopic (exact) mass is 474 g/mol. The molecule has 3 N–H and O–H groups in total. The average molecular weight is 474 g/mol. The molecule has 1 amide bonds. The predicted octanol–water partition coefficient (Wildman–Crippen LogP) is 3.93. The van der Waals surface area contributed by atoms with Crippen LogP contribution in [0.5, 0.6) is 0 Å². The molecule has 0 saturated carbocycles. The van der Waals surface area contributed by atoms with Crippen LogP contribution in [0.4, 0.5) is 0 Å². The van der Waals surface area contributed by atoms with E-state index in [0.29, 0.717) is 24.1 Å². The van der Waals surface area contributed by atoms with Crippen LogP contribution in [0.15, 0.2) is 29.3 Å². The van der Waals surface area contributed by atoms with E-state index >= 15 is 0 Å². The molecule has 2 atom stereocenters. The van der Waals surface area contributed by atoms with Crippen molar-refractivity contribution in [3.63, 3.8) is 0 Å². The minimum atomic E-state index is -0.0290. The number of halogens is 1. The number of guanidine groups is 1. The fourth-order valence-electron chi connectivity index (χ4n) is 2.09. The molecule has 1 aromatic rings. The van der Waals surface area contributed by atoms with Gasteiger partial charge < -0.3 is 16.0 Å².